The Labute approximate surface area is 223 Å². The first-order chi connectivity index (χ1) is 18.2. The molecule has 3 amide bonds. The topological polar surface area (TPSA) is 257 Å². The average Bonchev–Trinajstić information content (AvgIpc) is 3.54. The molecule has 1 unspecified atom stereocenters. The van der Waals surface area contributed by atoms with Gasteiger partial charge in [-0.15, -0.1) is 37.9 Å². The van der Waals surface area contributed by atoms with Crippen LogP contribution in [0.5, 0.6) is 0 Å². The normalized spacial score (nSPS) is 19.3. The number of fused-ring (bicyclic) bond motifs is 2. The van der Waals surface area contributed by atoms with Crippen molar-refractivity contribution in [1.82, 2.24) is 40.5 Å². The zero-order valence-electron chi connectivity index (χ0n) is 18.7. The van der Waals surface area contributed by atoms with Crippen LogP contribution in [0.3, 0.4) is 0 Å². The zero-order chi connectivity index (χ0) is 27.1. The second-order valence-electron chi connectivity index (χ2n) is 7.68. The molecule has 0 spiro atoms. The lowest BCUT2D eigenvalue weighted by atomic mass is 10.0. The molecule has 1 saturated heterocycles. The fraction of sp³-hybridized carbons (Fsp3) is 0.222. The molecule has 3 aromatic rings. The van der Waals surface area contributed by atoms with Gasteiger partial charge in [-0.3, -0.25) is 19.3 Å². The van der Waals surface area contributed by atoms with Crippen LogP contribution in [0.2, 0.25) is 0 Å². The molecule has 5 heterocycles. The minimum absolute atomic E-state index is 0.0332. The number of aromatic nitrogens is 6. The maximum Gasteiger partial charge on any atom is 0.352 e. The molecule has 0 radical (unpaired) electrons. The van der Waals surface area contributed by atoms with Crippen LogP contribution in [0.4, 0.5) is 5.13 Å². The number of β-lactam (4-membered cyclic amide) rings is 1. The molecule has 0 bridgehead atoms. The van der Waals surface area contributed by atoms with Gasteiger partial charge in [0.25, 0.3) is 17.7 Å². The minimum atomic E-state index is -1.32. The second-order valence-corrected chi connectivity index (χ2v) is 10.7. The van der Waals surface area contributed by atoms with E-state index < -0.39 is 40.8 Å². The summed E-state index contributed by atoms with van der Waals surface area (Å²) in [4.78, 5) is 54.5. The molecule has 0 aliphatic carbocycles. The third-order valence-corrected chi connectivity index (χ3v) is 8.43. The standard InChI is InChI=1S/C18H15N11O6S3/c19-12(30)6-1-8(24-29-13(6)23-26-27-29)36-2-5-3-37-16-10(15(32)28(16)11(5)17(33)34)22-14(31)9(25-35)7-4-38-18(20)21-7/h1,4,10,16,35H,2-3H2,(H2,19,30)(H2,20,21)(H,22,31)(H,33,34)/t10?,16-/m1/s1. The number of nitrogens with one attached hydrogen (secondary N) is 1. The quantitative estimate of drug-likeness (QED) is 0.0662. The predicted molar refractivity (Wildman–Crippen MR) is 132 cm³/mol. The van der Waals surface area contributed by atoms with Gasteiger partial charge in [-0.1, -0.05) is 16.9 Å². The lowest BCUT2D eigenvalue weighted by Crippen LogP contribution is -2.71. The highest BCUT2D eigenvalue weighted by molar-refractivity contribution is 8.01. The predicted octanol–water partition coefficient (Wildman–Crippen LogP) is -1.63. The van der Waals surface area contributed by atoms with Gasteiger partial charge in [-0.25, -0.2) is 9.78 Å². The Kier molecular flexibility index (Phi) is 6.59. The molecule has 3 aromatic heterocycles. The number of primary amides is 1. The Hall–Kier alpha value is -4.30. The van der Waals surface area contributed by atoms with Crippen molar-refractivity contribution in [3.63, 3.8) is 0 Å². The smallest absolute Gasteiger partial charge is 0.352 e. The van der Waals surface area contributed by atoms with E-state index in [9.17, 15) is 29.5 Å². The summed E-state index contributed by atoms with van der Waals surface area (Å²) in [6, 6.07) is 0.348. The monoisotopic (exact) mass is 577 g/mol. The number of carbonyl (C=O) groups is 4. The summed E-state index contributed by atoms with van der Waals surface area (Å²) in [5, 5.41) is 40.8. The molecule has 5 rings (SSSR count). The molecule has 7 N–H and O–H groups in total. The SMILES string of the molecule is NC(=O)c1cc(SCC2=C(C(=O)O)N3C(=O)C(NC(=O)C(=NO)c4csc(N)n4)[C@H]3SC2)nn2nnnc12. The van der Waals surface area contributed by atoms with Crippen molar-refractivity contribution in [2.24, 2.45) is 10.9 Å². The van der Waals surface area contributed by atoms with Crippen molar-refractivity contribution in [2.75, 3.05) is 17.2 Å². The van der Waals surface area contributed by atoms with Gasteiger partial charge < -0.3 is 27.1 Å². The zero-order valence-corrected chi connectivity index (χ0v) is 21.2. The molecule has 1 fully saturated rings. The van der Waals surface area contributed by atoms with Crippen LogP contribution in [0.15, 0.2) is 32.9 Å². The van der Waals surface area contributed by atoms with Crippen LogP contribution >= 0.6 is 34.9 Å². The highest BCUT2D eigenvalue weighted by Gasteiger charge is 2.54. The number of nitrogens with two attached hydrogens (primary N) is 2. The summed E-state index contributed by atoms with van der Waals surface area (Å²) in [6.45, 7) is 0. The van der Waals surface area contributed by atoms with Crippen molar-refractivity contribution in [3.05, 3.63) is 34.0 Å². The third kappa shape index (κ3) is 4.37. The Bertz CT molecular complexity index is 1570. The van der Waals surface area contributed by atoms with Gasteiger partial charge in [0.05, 0.1) is 5.56 Å². The maximum atomic E-state index is 12.9. The van der Waals surface area contributed by atoms with Crippen LogP contribution in [-0.4, -0.2) is 97.8 Å². The van der Waals surface area contributed by atoms with Crippen molar-refractivity contribution >= 4 is 75.0 Å². The molecule has 2 aliphatic heterocycles. The first kappa shape index (κ1) is 25.4. The molecule has 2 aliphatic rings. The van der Waals surface area contributed by atoms with E-state index in [-0.39, 0.29) is 39.2 Å². The number of nitrogens with zero attached hydrogens (tertiary/aromatic N) is 8. The van der Waals surface area contributed by atoms with E-state index in [1.807, 2.05) is 0 Å². The van der Waals surface area contributed by atoms with E-state index >= 15 is 0 Å². The van der Waals surface area contributed by atoms with Gasteiger partial charge in [0.2, 0.25) is 5.65 Å². The number of oxime groups is 1. The number of carboxylic acid groups (broad SMARTS) is 1. The molecule has 0 saturated carbocycles. The summed E-state index contributed by atoms with van der Waals surface area (Å²) < 4.78 is 1.04. The highest BCUT2D eigenvalue weighted by Crippen LogP contribution is 2.41. The maximum absolute atomic E-state index is 12.9. The van der Waals surface area contributed by atoms with Gasteiger partial charge in [-0.05, 0) is 22.1 Å². The van der Waals surface area contributed by atoms with E-state index in [2.05, 4.69) is 36.1 Å². The molecule has 20 heteroatoms. The number of aliphatic carboxylic acids is 1. The van der Waals surface area contributed by atoms with Crippen LogP contribution in [0.25, 0.3) is 5.65 Å². The lowest BCUT2D eigenvalue weighted by molar-refractivity contribution is -0.150. The summed E-state index contributed by atoms with van der Waals surface area (Å²) in [5.41, 5.74) is 10.9. The first-order valence-electron chi connectivity index (χ1n) is 10.4. The van der Waals surface area contributed by atoms with Crippen molar-refractivity contribution < 1.29 is 29.5 Å². The highest BCUT2D eigenvalue weighted by atomic mass is 32.2. The van der Waals surface area contributed by atoms with Crippen LogP contribution in [-0.2, 0) is 14.4 Å². The Morgan fingerprint density at radius 1 is 1.34 bits per heavy atom. The molecular weight excluding hydrogens is 562 g/mol. The van der Waals surface area contributed by atoms with Gasteiger partial charge in [-0.2, -0.15) is 0 Å². The largest absolute Gasteiger partial charge is 0.477 e. The number of carbonyl (C=O) groups excluding carboxylic acids is 3. The van der Waals surface area contributed by atoms with Gasteiger partial charge >= 0.3 is 5.97 Å². The molecule has 2 atom stereocenters. The summed E-state index contributed by atoms with van der Waals surface area (Å²) >= 11 is 3.39. The summed E-state index contributed by atoms with van der Waals surface area (Å²) in [6.07, 6.45) is 0. The van der Waals surface area contributed by atoms with Crippen molar-refractivity contribution in [2.45, 2.75) is 16.4 Å². The first-order valence-corrected chi connectivity index (χ1v) is 13.3. The van der Waals surface area contributed by atoms with Gasteiger partial charge in [0, 0.05) is 16.9 Å². The Morgan fingerprint density at radius 3 is 2.79 bits per heavy atom. The minimum Gasteiger partial charge on any atom is -0.477 e. The van der Waals surface area contributed by atoms with E-state index in [4.69, 9.17) is 11.5 Å². The van der Waals surface area contributed by atoms with E-state index in [0.29, 0.717) is 10.6 Å². The number of carboxylic acids is 1. The fourth-order valence-corrected chi connectivity index (χ4v) is 6.67. The number of hydrogen-bond donors (Lipinski definition) is 5. The van der Waals surface area contributed by atoms with Crippen LogP contribution < -0.4 is 16.8 Å². The number of rotatable bonds is 8. The molecule has 196 valence electrons. The van der Waals surface area contributed by atoms with Crippen molar-refractivity contribution in [1.29, 1.82) is 0 Å². The number of amides is 3. The van der Waals surface area contributed by atoms with Gasteiger partial charge in [0.1, 0.15) is 27.8 Å². The Balaban J connectivity index is 1.33. The number of nitrogen functional groups attached to an aromatic ring is 1. The van der Waals surface area contributed by atoms with Crippen molar-refractivity contribution in [3.8, 4) is 0 Å². The van der Waals surface area contributed by atoms with Crippen LogP contribution in [0, 0.1) is 0 Å². The summed E-state index contributed by atoms with van der Waals surface area (Å²) in [5.74, 6) is -3.24. The number of anilines is 1. The number of thioether (sulfide) groups is 2. The number of tetrazole rings is 1. The second kappa shape index (κ2) is 9.87. The van der Waals surface area contributed by atoms with Crippen LogP contribution in [0.1, 0.15) is 16.1 Å². The van der Waals surface area contributed by atoms with E-state index in [1.165, 1.54) is 23.2 Å². The Morgan fingerprint density at radius 2 is 2.13 bits per heavy atom. The molecular formula is C18H15N11O6S3. The lowest BCUT2D eigenvalue weighted by Gasteiger charge is -2.49. The van der Waals surface area contributed by atoms with Gasteiger partial charge in [0.15, 0.2) is 10.8 Å². The number of hydrogen-bond acceptors (Lipinski definition) is 15. The fourth-order valence-electron chi connectivity index (χ4n) is 3.75. The molecule has 0 aromatic carbocycles. The van der Waals surface area contributed by atoms with E-state index in [0.717, 1.165) is 32.6 Å². The number of thiazole rings is 1. The summed E-state index contributed by atoms with van der Waals surface area (Å²) in [7, 11) is 0. The third-order valence-electron chi connectivity index (χ3n) is 5.43. The average molecular weight is 578 g/mol. The molecule has 38 heavy (non-hydrogen) atoms. The molecule has 17 nitrogen and oxygen atoms in total. The van der Waals surface area contributed by atoms with E-state index in [1.54, 1.807) is 0 Å².